The molecule has 0 radical (unpaired) electrons. The molecular formula is C28H35F3N6O3. The molecule has 1 aliphatic rings. The van der Waals surface area contributed by atoms with E-state index in [4.69, 9.17) is 4.74 Å². The SMILES string of the molecule is CCCNc1nc(Nc2cccc(F)c2)ncc1C#CCCCNC(=O)[C@@H]1CC(F)(F)CN1C(=O)OC(C)(C)C. The van der Waals surface area contributed by atoms with Gasteiger partial charge in [-0.15, -0.1) is 0 Å². The number of hydrogen-bond acceptors (Lipinski definition) is 7. The number of hydrogen-bond donors (Lipinski definition) is 3. The Morgan fingerprint density at radius 3 is 2.73 bits per heavy atom. The third-order valence-corrected chi connectivity index (χ3v) is 5.61. The molecule has 3 N–H and O–H groups in total. The van der Waals surface area contributed by atoms with Crippen molar-refractivity contribution in [2.45, 2.75) is 70.9 Å². The maximum Gasteiger partial charge on any atom is 0.411 e. The maximum atomic E-state index is 14.0. The number of unbranched alkanes of at least 4 members (excludes halogenated alkanes) is 1. The minimum absolute atomic E-state index is 0.200. The third kappa shape index (κ3) is 9.32. The Bertz CT molecular complexity index is 1260. The summed E-state index contributed by atoms with van der Waals surface area (Å²) in [5.74, 6) is 2.63. The molecule has 0 unspecified atom stereocenters. The van der Waals surface area contributed by atoms with Gasteiger partial charge < -0.3 is 20.7 Å². The lowest BCUT2D eigenvalue weighted by Crippen LogP contribution is -2.47. The van der Waals surface area contributed by atoms with Crippen molar-refractivity contribution < 1.29 is 27.5 Å². The van der Waals surface area contributed by atoms with E-state index in [9.17, 15) is 22.8 Å². The van der Waals surface area contributed by atoms with Crippen LogP contribution in [0.4, 0.5) is 35.4 Å². The molecule has 9 nitrogen and oxygen atoms in total. The monoisotopic (exact) mass is 560 g/mol. The highest BCUT2D eigenvalue weighted by Gasteiger charge is 2.51. The molecule has 3 rings (SSSR count). The first-order chi connectivity index (χ1) is 18.9. The molecule has 0 saturated carbocycles. The van der Waals surface area contributed by atoms with Gasteiger partial charge in [0.1, 0.15) is 23.3 Å². The molecule has 2 aromatic rings. The Morgan fingerprint density at radius 2 is 2.02 bits per heavy atom. The number of benzene rings is 1. The lowest BCUT2D eigenvalue weighted by molar-refractivity contribution is -0.125. The fourth-order valence-corrected chi connectivity index (χ4v) is 3.83. The van der Waals surface area contributed by atoms with Gasteiger partial charge in [0, 0.05) is 31.6 Å². The molecule has 1 fully saturated rings. The number of amides is 2. The second-order valence-electron chi connectivity index (χ2n) is 10.4. The van der Waals surface area contributed by atoms with E-state index >= 15 is 0 Å². The van der Waals surface area contributed by atoms with E-state index in [0.717, 1.165) is 11.3 Å². The third-order valence-electron chi connectivity index (χ3n) is 5.61. The number of nitrogens with zero attached hydrogens (tertiary/aromatic N) is 3. The summed E-state index contributed by atoms with van der Waals surface area (Å²) in [5.41, 5.74) is 0.213. The molecule has 1 atom stereocenters. The predicted octanol–water partition coefficient (Wildman–Crippen LogP) is 5.07. The zero-order valence-corrected chi connectivity index (χ0v) is 23.1. The summed E-state index contributed by atoms with van der Waals surface area (Å²) >= 11 is 0. The minimum Gasteiger partial charge on any atom is -0.444 e. The van der Waals surface area contributed by atoms with E-state index in [1.54, 1.807) is 39.1 Å². The Balaban J connectivity index is 1.55. The van der Waals surface area contributed by atoms with Gasteiger partial charge in [-0.3, -0.25) is 9.69 Å². The summed E-state index contributed by atoms with van der Waals surface area (Å²) < 4.78 is 46.7. The first-order valence-corrected chi connectivity index (χ1v) is 13.1. The molecule has 1 saturated heterocycles. The van der Waals surface area contributed by atoms with Crippen LogP contribution in [0.15, 0.2) is 30.5 Å². The zero-order valence-electron chi connectivity index (χ0n) is 23.1. The smallest absolute Gasteiger partial charge is 0.411 e. The van der Waals surface area contributed by atoms with Crippen LogP contribution in [0.25, 0.3) is 0 Å². The molecule has 1 aromatic carbocycles. The fourth-order valence-electron chi connectivity index (χ4n) is 3.83. The van der Waals surface area contributed by atoms with E-state index in [1.165, 1.54) is 12.1 Å². The van der Waals surface area contributed by atoms with Crippen LogP contribution in [0, 0.1) is 17.7 Å². The number of carbonyl (C=O) groups is 2. The van der Waals surface area contributed by atoms with Crippen molar-refractivity contribution in [2.24, 2.45) is 0 Å². The molecule has 1 aromatic heterocycles. The van der Waals surface area contributed by atoms with Crippen LogP contribution in [0.5, 0.6) is 0 Å². The summed E-state index contributed by atoms with van der Waals surface area (Å²) in [6.07, 6.45) is 1.60. The second-order valence-corrected chi connectivity index (χ2v) is 10.4. The van der Waals surface area contributed by atoms with E-state index in [1.807, 2.05) is 6.92 Å². The first kappa shape index (κ1) is 30.5. The largest absolute Gasteiger partial charge is 0.444 e. The average molecular weight is 561 g/mol. The van der Waals surface area contributed by atoms with Gasteiger partial charge in [0.2, 0.25) is 11.9 Å². The van der Waals surface area contributed by atoms with Gasteiger partial charge in [0.15, 0.2) is 0 Å². The van der Waals surface area contributed by atoms with Gasteiger partial charge in [0.05, 0.1) is 18.3 Å². The predicted molar refractivity (Wildman–Crippen MR) is 146 cm³/mol. The summed E-state index contributed by atoms with van der Waals surface area (Å²) in [5, 5.41) is 8.79. The lowest BCUT2D eigenvalue weighted by atomic mass is 10.1. The number of carbonyl (C=O) groups excluding carboxylic acids is 2. The molecule has 40 heavy (non-hydrogen) atoms. The summed E-state index contributed by atoms with van der Waals surface area (Å²) in [4.78, 5) is 34.5. The number of halogens is 3. The van der Waals surface area contributed by atoms with E-state index in [0.29, 0.717) is 36.5 Å². The topological polar surface area (TPSA) is 108 Å². The van der Waals surface area contributed by atoms with E-state index in [2.05, 4.69) is 37.8 Å². The van der Waals surface area contributed by atoms with Gasteiger partial charge in [-0.05, 0) is 51.8 Å². The van der Waals surface area contributed by atoms with Crippen LogP contribution in [0.2, 0.25) is 0 Å². The summed E-state index contributed by atoms with van der Waals surface area (Å²) in [6.45, 7) is 6.90. The highest BCUT2D eigenvalue weighted by Crippen LogP contribution is 2.33. The van der Waals surface area contributed by atoms with Crippen LogP contribution in [-0.2, 0) is 9.53 Å². The van der Waals surface area contributed by atoms with Crippen molar-refractivity contribution in [2.75, 3.05) is 30.3 Å². The highest BCUT2D eigenvalue weighted by atomic mass is 19.3. The van der Waals surface area contributed by atoms with Gasteiger partial charge in [-0.2, -0.15) is 4.98 Å². The lowest BCUT2D eigenvalue weighted by Gasteiger charge is -2.27. The van der Waals surface area contributed by atoms with Crippen molar-refractivity contribution in [3.8, 4) is 11.8 Å². The number of ether oxygens (including phenoxy) is 1. The van der Waals surface area contributed by atoms with Crippen molar-refractivity contribution in [1.82, 2.24) is 20.2 Å². The number of likely N-dealkylation sites (tertiary alicyclic amines) is 1. The van der Waals surface area contributed by atoms with E-state index < -0.39 is 42.5 Å². The van der Waals surface area contributed by atoms with Crippen LogP contribution < -0.4 is 16.0 Å². The average Bonchev–Trinajstić information content (AvgIpc) is 3.20. The quantitative estimate of drug-likeness (QED) is 0.290. The van der Waals surface area contributed by atoms with Gasteiger partial charge in [0.25, 0.3) is 5.92 Å². The molecule has 12 heteroatoms. The van der Waals surface area contributed by atoms with Crippen molar-refractivity contribution >= 4 is 29.5 Å². The highest BCUT2D eigenvalue weighted by molar-refractivity contribution is 5.86. The minimum atomic E-state index is -3.17. The molecule has 0 aliphatic carbocycles. The molecule has 1 aliphatic heterocycles. The Kier molecular flexibility index (Phi) is 10.2. The number of alkyl halides is 2. The Morgan fingerprint density at radius 1 is 1.25 bits per heavy atom. The molecule has 216 valence electrons. The number of aromatic nitrogens is 2. The number of rotatable bonds is 9. The van der Waals surface area contributed by atoms with Crippen LogP contribution in [-0.4, -0.2) is 64.1 Å². The van der Waals surface area contributed by atoms with Crippen LogP contribution in [0.3, 0.4) is 0 Å². The molecular weight excluding hydrogens is 525 g/mol. The molecule has 2 heterocycles. The van der Waals surface area contributed by atoms with Gasteiger partial charge in [-0.25, -0.2) is 22.9 Å². The number of nitrogens with one attached hydrogen (secondary N) is 3. The zero-order chi connectivity index (χ0) is 29.3. The fraction of sp³-hybridized carbons (Fsp3) is 0.500. The number of anilines is 3. The van der Waals surface area contributed by atoms with Gasteiger partial charge in [-0.1, -0.05) is 24.8 Å². The normalized spacial score (nSPS) is 16.1. The molecule has 0 spiro atoms. The van der Waals surface area contributed by atoms with Crippen molar-refractivity contribution in [3.05, 3.63) is 41.8 Å². The van der Waals surface area contributed by atoms with Crippen molar-refractivity contribution in [3.63, 3.8) is 0 Å². The Hall–Kier alpha value is -4.01. The van der Waals surface area contributed by atoms with Crippen LogP contribution >= 0.6 is 0 Å². The summed E-state index contributed by atoms with van der Waals surface area (Å²) in [7, 11) is 0. The molecule has 0 bridgehead atoms. The summed E-state index contributed by atoms with van der Waals surface area (Å²) in [6, 6.07) is 4.65. The Labute approximate surface area is 232 Å². The van der Waals surface area contributed by atoms with Crippen LogP contribution in [0.1, 0.15) is 58.9 Å². The van der Waals surface area contributed by atoms with E-state index in [-0.39, 0.29) is 18.3 Å². The standard InChI is InChI=1S/C28H35F3N6O3/c1-5-13-32-23-19(17-34-25(36-23)35-21-12-9-11-20(29)15-21)10-7-6-8-14-33-24(38)22-16-28(30,31)18-37(22)26(39)40-27(2,3)4/h9,11-12,15,17,22H,5-6,8,13-14,16,18H2,1-4H3,(H,33,38)(H2,32,34,35,36)/t22-/m0/s1. The second kappa shape index (κ2) is 13.4. The molecule has 2 amide bonds. The maximum absolute atomic E-state index is 14.0. The van der Waals surface area contributed by atoms with Gasteiger partial charge >= 0.3 is 6.09 Å². The van der Waals surface area contributed by atoms with Crippen molar-refractivity contribution in [1.29, 1.82) is 0 Å². The first-order valence-electron chi connectivity index (χ1n) is 13.1.